The SMILES string of the molecule is CC(C)n1cnnc1CN(C)C(=O)NCCc1noc(CO)n1. The zero-order valence-electron chi connectivity index (χ0n) is 13.4. The van der Waals surface area contributed by atoms with E-state index in [2.05, 4.69) is 25.7 Å². The fourth-order valence-electron chi connectivity index (χ4n) is 1.97. The first-order valence-electron chi connectivity index (χ1n) is 7.31. The third-order valence-corrected chi connectivity index (χ3v) is 3.20. The molecule has 0 unspecified atom stereocenters. The van der Waals surface area contributed by atoms with Gasteiger partial charge in [0.05, 0.1) is 6.54 Å². The number of hydrogen-bond acceptors (Lipinski definition) is 7. The van der Waals surface area contributed by atoms with Crippen molar-refractivity contribution in [2.75, 3.05) is 13.6 Å². The maximum absolute atomic E-state index is 12.1. The van der Waals surface area contributed by atoms with E-state index in [0.29, 0.717) is 25.3 Å². The Balaban J connectivity index is 1.79. The number of aliphatic hydroxyl groups is 1. The van der Waals surface area contributed by atoms with E-state index in [4.69, 9.17) is 9.63 Å². The standard InChI is InChI=1S/C13H21N7O3/c1-9(2)20-8-15-17-11(20)6-19(3)13(22)14-5-4-10-16-12(7-21)23-18-10/h8-9,21H,4-7H2,1-3H3,(H,14,22). The lowest BCUT2D eigenvalue weighted by Crippen LogP contribution is -2.38. The molecule has 23 heavy (non-hydrogen) atoms. The summed E-state index contributed by atoms with van der Waals surface area (Å²) in [5.74, 6) is 1.33. The topological polar surface area (TPSA) is 122 Å². The number of amides is 2. The van der Waals surface area contributed by atoms with Crippen LogP contribution in [0.3, 0.4) is 0 Å². The average molecular weight is 323 g/mol. The van der Waals surface area contributed by atoms with Crippen molar-refractivity contribution >= 4 is 6.03 Å². The van der Waals surface area contributed by atoms with Gasteiger partial charge in [-0.1, -0.05) is 5.16 Å². The van der Waals surface area contributed by atoms with Crippen LogP contribution < -0.4 is 5.32 Å². The molecule has 0 saturated heterocycles. The highest BCUT2D eigenvalue weighted by atomic mass is 16.5. The average Bonchev–Trinajstić information content (AvgIpc) is 3.15. The molecule has 0 spiro atoms. The van der Waals surface area contributed by atoms with Crippen LogP contribution >= 0.6 is 0 Å². The summed E-state index contributed by atoms with van der Waals surface area (Å²) in [6, 6.07) is 0.00426. The Morgan fingerprint density at radius 1 is 1.52 bits per heavy atom. The van der Waals surface area contributed by atoms with Crippen LogP contribution in [0.4, 0.5) is 4.79 Å². The molecule has 0 atom stereocenters. The number of carbonyl (C=O) groups is 1. The summed E-state index contributed by atoms with van der Waals surface area (Å²) < 4.78 is 6.69. The minimum absolute atomic E-state index is 0.163. The summed E-state index contributed by atoms with van der Waals surface area (Å²) in [4.78, 5) is 17.5. The van der Waals surface area contributed by atoms with Crippen molar-refractivity contribution in [1.82, 2.24) is 35.1 Å². The summed E-state index contributed by atoms with van der Waals surface area (Å²) in [7, 11) is 1.69. The van der Waals surface area contributed by atoms with Gasteiger partial charge >= 0.3 is 6.03 Å². The van der Waals surface area contributed by atoms with Gasteiger partial charge < -0.3 is 24.4 Å². The van der Waals surface area contributed by atoms with E-state index >= 15 is 0 Å². The van der Waals surface area contributed by atoms with Crippen LogP contribution in [0, 0.1) is 0 Å². The molecule has 2 aromatic heterocycles. The quantitative estimate of drug-likeness (QED) is 0.742. The van der Waals surface area contributed by atoms with Crippen molar-refractivity contribution in [2.45, 2.75) is 39.5 Å². The van der Waals surface area contributed by atoms with Crippen LogP contribution in [-0.2, 0) is 19.6 Å². The number of nitrogens with zero attached hydrogens (tertiary/aromatic N) is 6. The Morgan fingerprint density at radius 3 is 2.96 bits per heavy atom. The van der Waals surface area contributed by atoms with E-state index in [1.54, 1.807) is 13.4 Å². The molecule has 0 saturated carbocycles. The van der Waals surface area contributed by atoms with Gasteiger partial charge in [-0.05, 0) is 13.8 Å². The molecule has 0 bridgehead atoms. The van der Waals surface area contributed by atoms with Gasteiger partial charge in [0.1, 0.15) is 12.9 Å². The van der Waals surface area contributed by atoms with Crippen molar-refractivity contribution < 1.29 is 14.4 Å². The molecule has 0 aliphatic heterocycles. The third kappa shape index (κ3) is 4.49. The Kier molecular flexibility index (Phi) is 5.63. The van der Waals surface area contributed by atoms with Gasteiger partial charge in [-0.3, -0.25) is 0 Å². The van der Waals surface area contributed by atoms with Gasteiger partial charge in [0.25, 0.3) is 5.89 Å². The zero-order valence-corrected chi connectivity index (χ0v) is 13.4. The Morgan fingerprint density at radius 2 is 2.30 bits per heavy atom. The maximum Gasteiger partial charge on any atom is 0.317 e. The molecule has 10 nitrogen and oxygen atoms in total. The van der Waals surface area contributed by atoms with Crippen LogP contribution in [0.25, 0.3) is 0 Å². The Hall–Kier alpha value is -2.49. The van der Waals surface area contributed by atoms with Gasteiger partial charge in [0.15, 0.2) is 11.6 Å². The van der Waals surface area contributed by atoms with Gasteiger partial charge in [0, 0.05) is 26.1 Å². The number of urea groups is 1. The van der Waals surface area contributed by atoms with Crippen LogP contribution in [0.1, 0.15) is 37.4 Å². The number of aliphatic hydroxyl groups excluding tert-OH is 1. The molecule has 2 amide bonds. The van der Waals surface area contributed by atoms with Gasteiger partial charge in [-0.2, -0.15) is 4.98 Å². The molecule has 2 heterocycles. The van der Waals surface area contributed by atoms with E-state index in [-0.39, 0.29) is 24.6 Å². The van der Waals surface area contributed by atoms with Gasteiger partial charge in [0.2, 0.25) is 0 Å². The van der Waals surface area contributed by atoms with Crippen molar-refractivity contribution in [2.24, 2.45) is 0 Å². The van der Waals surface area contributed by atoms with Crippen LogP contribution in [0.5, 0.6) is 0 Å². The molecular formula is C13H21N7O3. The number of carbonyl (C=O) groups excluding carboxylic acids is 1. The fourth-order valence-corrected chi connectivity index (χ4v) is 1.97. The summed E-state index contributed by atoms with van der Waals surface area (Å²) in [6.45, 7) is 4.49. The minimum atomic E-state index is -0.293. The van der Waals surface area contributed by atoms with E-state index in [1.807, 2.05) is 18.4 Å². The minimum Gasteiger partial charge on any atom is -0.387 e. The molecule has 0 aliphatic rings. The predicted molar refractivity (Wildman–Crippen MR) is 79.2 cm³/mol. The van der Waals surface area contributed by atoms with Gasteiger partial charge in [-0.25, -0.2) is 4.79 Å². The highest BCUT2D eigenvalue weighted by Crippen LogP contribution is 2.08. The first-order valence-corrected chi connectivity index (χ1v) is 7.31. The molecule has 0 aliphatic carbocycles. The maximum atomic E-state index is 12.1. The van der Waals surface area contributed by atoms with E-state index < -0.39 is 0 Å². The number of nitrogens with one attached hydrogen (secondary N) is 1. The Labute approximate surface area is 133 Å². The van der Waals surface area contributed by atoms with Crippen molar-refractivity contribution in [3.63, 3.8) is 0 Å². The highest BCUT2D eigenvalue weighted by molar-refractivity contribution is 5.73. The van der Waals surface area contributed by atoms with E-state index in [9.17, 15) is 4.79 Å². The van der Waals surface area contributed by atoms with Crippen molar-refractivity contribution in [3.8, 4) is 0 Å². The molecule has 0 radical (unpaired) electrons. The summed E-state index contributed by atoms with van der Waals surface area (Å²) in [5, 5.41) is 23.2. The van der Waals surface area contributed by atoms with Gasteiger partial charge in [-0.15, -0.1) is 10.2 Å². The largest absolute Gasteiger partial charge is 0.387 e. The van der Waals surface area contributed by atoms with E-state index in [0.717, 1.165) is 5.82 Å². The molecule has 0 aromatic carbocycles. The predicted octanol–water partition coefficient (Wildman–Crippen LogP) is 0.118. The molecular weight excluding hydrogens is 302 g/mol. The van der Waals surface area contributed by atoms with Crippen LogP contribution in [0.2, 0.25) is 0 Å². The lowest BCUT2D eigenvalue weighted by Gasteiger charge is -2.18. The molecule has 0 fully saturated rings. The second kappa shape index (κ2) is 7.68. The second-order valence-electron chi connectivity index (χ2n) is 5.35. The molecule has 126 valence electrons. The van der Waals surface area contributed by atoms with Crippen molar-refractivity contribution in [1.29, 1.82) is 0 Å². The van der Waals surface area contributed by atoms with Crippen LogP contribution in [0.15, 0.2) is 10.9 Å². The lowest BCUT2D eigenvalue weighted by atomic mass is 10.4. The molecule has 2 rings (SSSR count). The fraction of sp³-hybridized carbons (Fsp3) is 0.615. The van der Waals surface area contributed by atoms with Crippen LogP contribution in [-0.4, -0.2) is 54.5 Å². The number of hydrogen-bond donors (Lipinski definition) is 2. The van der Waals surface area contributed by atoms with E-state index in [1.165, 1.54) is 4.90 Å². The molecule has 2 N–H and O–H groups in total. The molecule has 2 aromatic rings. The lowest BCUT2D eigenvalue weighted by molar-refractivity contribution is 0.205. The first kappa shape index (κ1) is 16.9. The smallest absolute Gasteiger partial charge is 0.317 e. The summed E-state index contributed by atoms with van der Waals surface area (Å²) >= 11 is 0. The molecule has 10 heteroatoms. The second-order valence-corrected chi connectivity index (χ2v) is 5.35. The normalized spacial score (nSPS) is 11.0. The first-order chi connectivity index (χ1) is 11.0. The monoisotopic (exact) mass is 323 g/mol. The summed E-state index contributed by atoms with van der Waals surface area (Å²) in [5.41, 5.74) is 0. The third-order valence-electron chi connectivity index (χ3n) is 3.20. The highest BCUT2D eigenvalue weighted by Gasteiger charge is 2.14. The Bertz CT molecular complexity index is 637. The summed E-state index contributed by atoms with van der Waals surface area (Å²) in [6.07, 6.45) is 2.08. The zero-order chi connectivity index (χ0) is 16.8. The van der Waals surface area contributed by atoms with Crippen molar-refractivity contribution in [3.05, 3.63) is 23.9 Å². The number of aromatic nitrogens is 5. The number of rotatable bonds is 7.